The molecule has 2 aromatic rings. The normalized spacial score (nSPS) is 10.6. The second kappa shape index (κ2) is 7.97. The zero-order chi connectivity index (χ0) is 16.8. The van der Waals surface area contributed by atoms with E-state index in [4.69, 9.17) is 16.0 Å². The fourth-order valence-corrected chi connectivity index (χ4v) is 2.36. The molecule has 0 aliphatic heterocycles. The van der Waals surface area contributed by atoms with E-state index in [1.807, 2.05) is 0 Å². The van der Waals surface area contributed by atoms with E-state index in [0.717, 1.165) is 19.3 Å². The van der Waals surface area contributed by atoms with Crippen molar-refractivity contribution in [2.24, 2.45) is 0 Å². The Hall–Kier alpha value is -2.07. The maximum atomic E-state index is 12.3. The minimum absolute atomic E-state index is 0.0629. The van der Waals surface area contributed by atoms with Crippen molar-refractivity contribution in [2.45, 2.75) is 39.5 Å². The van der Waals surface area contributed by atoms with E-state index in [1.54, 1.807) is 31.2 Å². The van der Waals surface area contributed by atoms with Gasteiger partial charge in [0.1, 0.15) is 5.76 Å². The summed E-state index contributed by atoms with van der Waals surface area (Å²) in [7, 11) is 0. The molecule has 0 aliphatic carbocycles. The molecular weight excluding hydrogens is 314 g/mol. The first-order valence-corrected chi connectivity index (χ1v) is 8.09. The van der Waals surface area contributed by atoms with Crippen LogP contribution in [0.25, 0.3) is 0 Å². The standard InChI is InChI=1S/C18H20ClNO3/c1-3-4-5-6-16(21)17-11-15(12(2)23-17)18(22)20-14-9-7-13(19)8-10-14/h7-11H,3-6H2,1-2H3,(H,20,22). The van der Waals surface area contributed by atoms with Gasteiger partial charge in [-0.2, -0.15) is 0 Å². The lowest BCUT2D eigenvalue weighted by Crippen LogP contribution is -2.12. The monoisotopic (exact) mass is 333 g/mol. The molecule has 1 aromatic carbocycles. The van der Waals surface area contributed by atoms with Crippen LogP contribution in [-0.4, -0.2) is 11.7 Å². The fourth-order valence-electron chi connectivity index (χ4n) is 2.24. The van der Waals surface area contributed by atoms with Gasteiger partial charge in [0.15, 0.2) is 11.5 Å². The summed E-state index contributed by atoms with van der Waals surface area (Å²) in [5.74, 6) is 0.323. The minimum atomic E-state index is -0.304. The van der Waals surface area contributed by atoms with Gasteiger partial charge in [-0.1, -0.05) is 31.4 Å². The average Bonchev–Trinajstić information content (AvgIpc) is 2.92. The predicted octanol–water partition coefficient (Wildman–Crippen LogP) is 5.26. The van der Waals surface area contributed by atoms with E-state index in [0.29, 0.717) is 28.5 Å². The molecule has 0 radical (unpaired) electrons. The molecule has 1 N–H and O–H groups in total. The van der Waals surface area contributed by atoms with Gasteiger partial charge in [0.25, 0.3) is 5.91 Å². The van der Waals surface area contributed by atoms with Crippen LogP contribution in [0.15, 0.2) is 34.7 Å². The van der Waals surface area contributed by atoms with Crippen molar-refractivity contribution in [2.75, 3.05) is 5.32 Å². The van der Waals surface area contributed by atoms with Gasteiger partial charge in [0, 0.05) is 23.2 Å². The summed E-state index contributed by atoms with van der Waals surface area (Å²) < 4.78 is 5.45. The molecule has 2 rings (SSSR count). The van der Waals surface area contributed by atoms with Crippen molar-refractivity contribution in [3.63, 3.8) is 0 Å². The quantitative estimate of drug-likeness (QED) is 0.555. The van der Waals surface area contributed by atoms with E-state index in [1.165, 1.54) is 6.07 Å². The summed E-state index contributed by atoms with van der Waals surface area (Å²) in [6.07, 6.45) is 3.34. The van der Waals surface area contributed by atoms with Crippen LogP contribution in [0.2, 0.25) is 5.02 Å². The second-order valence-corrected chi connectivity index (χ2v) is 5.86. The SMILES string of the molecule is CCCCCC(=O)c1cc(C(=O)Nc2ccc(Cl)cc2)c(C)o1. The number of unbranched alkanes of at least 4 members (excludes halogenated alkanes) is 2. The molecule has 5 heteroatoms. The smallest absolute Gasteiger partial charge is 0.259 e. The number of Topliss-reactive ketones (excluding diaryl/α,β-unsaturated/α-hetero) is 1. The van der Waals surface area contributed by atoms with Crippen molar-refractivity contribution >= 4 is 29.0 Å². The highest BCUT2D eigenvalue weighted by molar-refractivity contribution is 6.30. The van der Waals surface area contributed by atoms with Crippen molar-refractivity contribution < 1.29 is 14.0 Å². The molecule has 0 unspecified atom stereocenters. The Balaban J connectivity index is 2.06. The zero-order valence-electron chi connectivity index (χ0n) is 13.3. The lowest BCUT2D eigenvalue weighted by Gasteiger charge is -2.03. The van der Waals surface area contributed by atoms with Crippen LogP contribution in [0.5, 0.6) is 0 Å². The topological polar surface area (TPSA) is 59.3 Å². The van der Waals surface area contributed by atoms with Crippen molar-refractivity contribution in [1.82, 2.24) is 0 Å². The molecule has 0 atom stereocenters. The Morgan fingerprint density at radius 3 is 2.52 bits per heavy atom. The number of hydrogen-bond donors (Lipinski definition) is 1. The summed E-state index contributed by atoms with van der Waals surface area (Å²) in [5, 5.41) is 3.36. The maximum absolute atomic E-state index is 12.3. The number of furan rings is 1. The number of aryl methyl sites for hydroxylation is 1. The van der Waals surface area contributed by atoms with Gasteiger partial charge in [-0.3, -0.25) is 9.59 Å². The molecule has 1 heterocycles. The number of carbonyl (C=O) groups is 2. The molecule has 4 nitrogen and oxygen atoms in total. The van der Waals surface area contributed by atoms with Crippen LogP contribution < -0.4 is 5.32 Å². The van der Waals surface area contributed by atoms with E-state index < -0.39 is 0 Å². The Kier molecular flexibility index (Phi) is 5.99. The summed E-state index contributed by atoms with van der Waals surface area (Å²) >= 11 is 5.82. The minimum Gasteiger partial charge on any atom is -0.457 e. The molecule has 1 amide bonds. The maximum Gasteiger partial charge on any atom is 0.259 e. The summed E-state index contributed by atoms with van der Waals surface area (Å²) in [6.45, 7) is 3.76. The number of ketones is 1. The van der Waals surface area contributed by atoms with Crippen LogP contribution >= 0.6 is 11.6 Å². The lowest BCUT2D eigenvalue weighted by molar-refractivity contribution is 0.0950. The number of anilines is 1. The molecule has 0 aliphatic rings. The Morgan fingerprint density at radius 2 is 1.87 bits per heavy atom. The molecule has 0 saturated carbocycles. The van der Waals surface area contributed by atoms with Crippen LogP contribution in [0, 0.1) is 6.92 Å². The van der Waals surface area contributed by atoms with Crippen LogP contribution in [0.1, 0.15) is 59.3 Å². The highest BCUT2D eigenvalue weighted by atomic mass is 35.5. The highest BCUT2D eigenvalue weighted by Gasteiger charge is 2.19. The van der Waals surface area contributed by atoms with E-state index >= 15 is 0 Å². The average molecular weight is 334 g/mol. The van der Waals surface area contributed by atoms with Crippen molar-refractivity contribution in [1.29, 1.82) is 0 Å². The first kappa shape index (κ1) is 17.3. The Morgan fingerprint density at radius 1 is 1.17 bits per heavy atom. The first-order chi connectivity index (χ1) is 11.0. The van der Waals surface area contributed by atoms with Gasteiger partial charge >= 0.3 is 0 Å². The van der Waals surface area contributed by atoms with Crippen molar-refractivity contribution in [3.05, 3.63) is 52.4 Å². The second-order valence-electron chi connectivity index (χ2n) is 5.42. The number of carbonyl (C=O) groups excluding carboxylic acids is 2. The van der Waals surface area contributed by atoms with Gasteiger partial charge in [0.2, 0.25) is 0 Å². The zero-order valence-corrected chi connectivity index (χ0v) is 14.1. The molecule has 122 valence electrons. The van der Waals surface area contributed by atoms with Gasteiger partial charge in [0.05, 0.1) is 5.56 Å². The van der Waals surface area contributed by atoms with E-state index in [9.17, 15) is 9.59 Å². The third-order valence-electron chi connectivity index (χ3n) is 3.55. The van der Waals surface area contributed by atoms with Gasteiger partial charge < -0.3 is 9.73 Å². The molecule has 23 heavy (non-hydrogen) atoms. The lowest BCUT2D eigenvalue weighted by atomic mass is 10.1. The first-order valence-electron chi connectivity index (χ1n) is 7.71. The molecule has 1 aromatic heterocycles. The molecule has 0 saturated heterocycles. The number of amides is 1. The van der Waals surface area contributed by atoms with E-state index in [-0.39, 0.29) is 17.5 Å². The van der Waals surface area contributed by atoms with Gasteiger partial charge in [-0.05, 0) is 37.6 Å². The molecule has 0 bridgehead atoms. The number of hydrogen-bond acceptors (Lipinski definition) is 3. The van der Waals surface area contributed by atoms with Crippen molar-refractivity contribution in [3.8, 4) is 0 Å². The number of benzene rings is 1. The Labute approximate surface area is 140 Å². The number of rotatable bonds is 7. The Bertz CT molecular complexity index is 689. The van der Waals surface area contributed by atoms with Gasteiger partial charge in [-0.25, -0.2) is 0 Å². The predicted molar refractivity (Wildman–Crippen MR) is 91.3 cm³/mol. The number of halogens is 1. The largest absolute Gasteiger partial charge is 0.457 e. The molecule has 0 fully saturated rings. The molecular formula is C18H20ClNO3. The van der Waals surface area contributed by atoms with E-state index in [2.05, 4.69) is 12.2 Å². The summed E-state index contributed by atoms with van der Waals surface area (Å²) in [4.78, 5) is 24.4. The fraction of sp³-hybridized carbons (Fsp3) is 0.333. The van der Waals surface area contributed by atoms with Crippen LogP contribution in [0.3, 0.4) is 0 Å². The van der Waals surface area contributed by atoms with Crippen LogP contribution in [0.4, 0.5) is 5.69 Å². The summed E-state index contributed by atoms with van der Waals surface area (Å²) in [5.41, 5.74) is 1.01. The van der Waals surface area contributed by atoms with Crippen LogP contribution in [-0.2, 0) is 0 Å². The summed E-state index contributed by atoms with van der Waals surface area (Å²) in [6, 6.07) is 8.35. The third kappa shape index (κ3) is 4.70. The molecule has 0 spiro atoms. The highest BCUT2D eigenvalue weighted by Crippen LogP contribution is 2.20. The van der Waals surface area contributed by atoms with Gasteiger partial charge in [-0.15, -0.1) is 0 Å². The third-order valence-corrected chi connectivity index (χ3v) is 3.80. The number of nitrogens with one attached hydrogen (secondary N) is 1.